The van der Waals surface area contributed by atoms with Gasteiger partial charge in [0.05, 0.1) is 30.4 Å². The van der Waals surface area contributed by atoms with Crippen molar-refractivity contribution in [3.63, 3.8) is 0 Å². The first-order valence-corrected chi connectivity index (χ1v) is 9.59. The van der Waals surface area contributed by atoms with Crippen LogP contribution >= 0.6 is 12.0 Å². The smallest absolute Gasteiger partial charge is 0.489 e. The second kappa shape index (κ2) is 8.25. The van der Waals surface area contributed by atoms with Crippen molar-refractivity contribution in [3.8, 4) is 5.75 Å². The minimum Gasteiger partial charge on any atom is -0.489 e. The Labute approximate surface area is 165 Å². The summed E-state index contributed by atoms with van der Waals surface area (Å²) in [6.07, 6.45) is 0. The second-order valence-corrected chi connectivity index (χ2v) is 8.19. The molecule has 1 aliphatic heterocycles. The van der Waals surface area contributed by atoms with E-state index in [-0.39, 0.29) is 11.2 Å². The van der Waals surface area contributed by atoms with E-state index < -0.39 is 7.12 Å². The Morgan fingerprint density at radius 3 is 2.26 bits per heavy atom. The van der Waals surface area contributed by atoms with E-state index in [1.54, 1.807) is 0 Å². The van der Waals surface area contributed by atoms with E-state index in [1.807, 2.05) is 76.2 Å². The molecular weight excluding hydrogens is 363 g/mol. The van der Waals surface area contributed by atoms with Gasteiger partial charge in [-0.15, -0.1) is 0 Å². The van der Waals surface area contributed by atoms with Crippen LogP contribution in [0.3, 0.4) is 0 Å². The summed E-state index contributed by atoms with van der Waals surface area (Å²) in [6, 6.07) is 15.8. The minimum absolute atomic E-state index is 0.360. The van der Waals surface area contributed by atoms with Gasteiger partial charge in [0.1, 0.15) is 12.4 Å². The van der Waals surface area contributed by atoms with Crippen LogP contribution in [-0.2, 0) is 25.1 Å². The third-order valence-corrected chi connectivity index (χ3v) is 5.58. The first-order valence-electron chi connectivity index (χ1n) is 8.85. The molecule has 1 fully saturated rings. The molecule has 0 radical (unpaired) electrons. The molecular formula is C20H25BO5S. The summed E-state index contributed by atoms with van der Waals surface area (Å²) in [5, 5.41) is 0. The maximum absolute atomic E-state index is 6.11. The van der Waals surface area contributed by atoms with Crippen molar-refractivity contribution < 1.29 is 23.3 Å². The molecule has 0 bridgehead atoms. The normalized spacial score (nSPS) is 17.9. The van der Waals surface area contributed by atoms with Crippen LogP contribution < -0.4 is 10.2 Å². The molecule has 0 unspecified atom stereocenters. The molecule has 1 heterocycles. The topological polar surface area (TPSA) is 46.2 Å². The number of hydrogen-bond acceptors (Lipinski definition) is 6. The van der Waals surface area contributed by atoms with E-state index in [4.69, 9.17) is 18.4 Å². The molecule has 144 valence electrons. The van der Waals surface area contributed by atoms with Gasteiger partial charge in [-0.2, -0.15) is 4.33 Å². The molecule has 0 aliphatic carbocycles. The molecule has 2 aromatic carbocycles. The highest BCUT2D eigenvalue weighted by atomic mass is 32.2. The summed E-state index contributed by atoms with van der Waals surface area (Å²) in [4.78, 5) is 5.54. The molecule has 0 aromatic heterocycles. The zero-order valence-corrected chi connectivity index (χ0v) is 17.2. The number of hydrogen-bond donors (Lipinski definition) is 0. The Hall–Kier alpha value is -1.51. The van der Waals surface area contributed by atoms with Crippen molar-refractivity contribution in [3.05, 3.63) is 54.1 Å². The fourth-order valence-electron chi connectivity index (χ4n) is 2.61. The van der Waals surface area contributed by atoms with Crippen molar-refractivity contribution in [1.29, 1.82) is 0 Å². The highest BCUT2D eigenvalue weighted by molar-refractivity contribution is 7.94. The predicted molar refractivity (Wildman–Crippen MR) is 107 cm³/mol. The van der Waals surface area contributed by atoms with E-state index in [0.29, 0.717) is 6.61 Å². The van der Waals surface area contributed by atoms with Crippen LogP contribution in [0.2, 0.25) is 0 Å². The van der Waals surface area contributed by atoms with Gasteiger partial charge in [-0.25, -0.2) is 4.89 Å². The van der Waals surface area contributed by atoms with E-state index in [1.165, 1.54) is 19.2 Å². The van der Waals surface area contributed by atoms with Gasteiger partial charge in [-0.3, -0.25) is 0 Å². The average molecular weight is 388 g/mol. The SMILES string of the molecule is COOSc1ccc(COc2cccc(B3OC(C)(C)C(C)(C)O3)c2)cc1. The average Bonchev–Trinajstić information content (AvgIpc) is 2.87. The van der Waals surface area contributed by atoms with Crippen LogP contribution in [0.1, 0.15) is 33.3 Å². The van der Waals surface area contributed by atoms with Crippen molar-refractivity contribution in [1.82, 2.24) is 0 Å². The molecule has 3 rings (SSSR count). The van der Waals surface area contributed by atoms with Gasteiger partial charge >= 0.3 is 7.12 Å². The predicted octanol–water partition coefficient (Wildman–Crippen LogP) is 4.15. The largest absolute Gasteiger partial charge is 0.494 e. The van der Waals surface area contributed by atoms with Gasteiger partial charge in [0.2, 0.25) is 0 Å². The van der Waals surface area contributed by atoms with Gasteiger partial charge in [-0.05, 0) is 63.0 Å². The number of rotatable bonds is 7. The lowest BCUT2D eigenvalue weighted by molar-refractivity contribution is -0.160. The summed E-state index contributed by atoms with van der Waals surface area (Å²) in [5.74, 6) is 0.781. The molecule has 0 spiro atoms. The molecule has 27 heavy (non-hydrogen) atoms. The fourth-order valence-corrected chi connectivity index (χ4v) is 3.01. The first kappa shape index (κ1) is 20.2. The highest BCUT2D eigenvalue weighted by Crippen LogP contribution is 2.36. The first-order chi connectivity index (χ1) is 12.8. The minimum atomic E-state index is -0.393. The van der Waals surface area contributed by atoms with Crippen molar-refractivity contribution in [2.24, 2.45) is 0 Å². The standard InChI is InChI=1S/C20H25BO5S/c1-19(2)20(3,4)25-21(24-19)16-7-6-8-17(13-16)23-14-15-9-11-18(12-10-15)27-26-22-5/h6-13H,14H2,1-5H3. The maximum Gasteiger partial charge on any atom is 0.494 e. The van der Waals surface area contributed by atoms with Gasteiger partial charge in [0.15, 0.2) is 0 Å². The summed E-state index contributed by atoms with van der Waals surface area (Å²) in [6.45, 7) is 8.67. The number of ether oxygens (including phenoxy) is 1. The third-order valence-electron chi connectivity index (χ3n) is 4.91. The Morgan fingerprint density at radius 2 is 1.63 bits per heavy atom. The molecule has 0 N–H and O–H groups in total. The highest BCUT2D eigenvalue weighted by Gasteiger charge is 2.51. The quantitative estimate of drug-likeness (QED) is 0.307. The third kappa shape index (κ3) is 4.86. The van der Waals surface area contributed by atoms with E-state index >= 15 is 0 Å². The molecule has 0 atom stereocenters. The monoisotopic (exact) mass is 388 g/mol. The molecule has 2 aromatic rings. The van der Waals surface area contributed by atoms with E-state index in [0.717, 1.165) is 21.7 Å². The summed E-state index contributed by atoms with van der Waals surface area (Å²) < 4.78 is 23.0. The lowest BCUT2D eigenvalue weighted by atomic mass is 9.79. The van der Waals surface area contributed by atoms with Gasteiger partial charge < -0.3 is 14.0 Å². The van der Waals surface area contributed by atoms with Crippen LogP contribution in [-0.4, -0.2) is 25.4 Å². The lowest BCUT2D eigenvalue weighted by Crippen LogP contribution is -2.41. The van der Waals surface area contributed by atoms with E-state index in [2.05, 4.69) is 4.89 Å². The summed E-state index contributed by atoms with van der Waals surface area (Å²) >= 11 is 1.17. The summed E-state index contributed by atoms with van der Waals surface area (Å²) in [7, 11) is 1.09. The Bertz CT molecular complexity index is 747. The van der Waals surface area contributed by atoms with Crippen LogP contribution in [0.15, 0.2) is 53.4 Å². The molecule has 1 aliphatic rings. The van der Waals surface area contributed by atoms with Crippen molar-refractivity contribution in [2.75, 3.05) is 7.11 Å². The Balaban J connectivity index is 1.61. The van der Waals surface area contributed by atoms with Crippen molar-refractivity contribution in [2.45, 2.75) is 50.4 Å². The fraction of sp³-hybridized carbons (Fsp3) is 0.400. The maximum atomic E-state index is 6.11. The second-order valence-electron chi connectivity index (χ2n) is 7.41. The molecule has 0 amide bonds. The lowest BCUT2D eigenvalue weighted by Gasteiger charge is -2.32. The zero-order chi connectivity index (χ0) is 19.5. The van der Waals surface area contributed by atoms with Gasteiger partial charge in [0.25, 0.3) is 0 Å². The molecule has 0 saturated carbocycles. The van der Waals surface area contributed by atoms with Crippen LogP contribution in [0.25, 0.3) is 0 Å². The van der Waals surface area contributed by atoms with Crippen LogP contribution in [0.4, 0.5) is 0 Å². The van der Waals surface area contributed by atoms with Crippen LogP contribution in [0, 0.1) is 0 Å². The van der Waals surface area contributed by atoms with Gasteiger partial charge in [0, 0.05) is 4.90 Å². The number of benzene rings is 2. The molecule has 5 nitrogen and oxygen atoms in total. The van der Waals surface area contributed by atoms with Crippen molar-refractivity contribution >= 4 is 24.6 Å². The van der Waals surface area contributed by atoms with Gasteiger partial charge in [-0.1, -0.05) is 24.3 Å². The zero-order valence-electron chi connectivity index (χ0n) is 16.4. The Kier molecular flexibility index (Phi) is 6.18. The Morgan fingerprint density at radius 1 is 0.963 bits per heavy atom. The molecule has 7 heteroatoms. The van der Waals surface area contributed by atoms with E-state index in [9.17, 15) is 0 Å². The molecule has 1 saturated heterocycles. The summed E-state index contributed by atoms with van der Waals surface area (Å²) in [5.41, 5.74) is 1.30. The van der Waals surface area contributed by atoms with Crippen LogP contribution in [0.5, 0.6) is 5.75 Å².